The van der Waals surface area contributed by atoms with E-state index in [1.807, 2.05) is 52.1 Å². The molecule has 2 aliphatic heterocycles. The second-order valence-electron chi connectivity index (χ2n) is 6.17. The zero-order valence-corrected chi connectivity index (χ0v) is 14.1. The van der Waals surface area contributed by atoms with Crippen LogP contribution in [0.2, 0.25) is 0 Å². The SMILES string of the molecule is O=C(Cc1ccsc1)N1CCC2(CC1)N=C(c1ccccc1)NO2. The molecule has 1 aromatic carbocycles. The number of aliphatic imine (C=N–C) groups is 1. The van der Waals surface area contributed by atoms with Crippen LogP contribution in [0.1, 0.15) is 24.0 Å². The first kappa shape index (κ1) is 15.4. The summed E-state index contributed by atoms with van der Waals surface area (Å²) in [5.74, 6) is 0.954. The number of carbonyl (C=O) groups excluding carboxylic acids is 1. The molecule has 1 saturated heterocycles. The molecule has 1 aromatic heterocycles. The largest absolute Gasteiger partial charge is 0.342 e. The molecule has 0 aliphatic carbocycles. The molecule has 124 valence electrons. The van der Waals surface area contributed by atoms with Crippen LogP contribution in [-0.4, -0.2) is 35.5 Å². The predicted octanol–water partition coefficient (Wildman–Crippen LogP) is 2.59. The van der Waals surface area contributed by atoms with E-state index in [4.69, 9.17) is 9.83 Å². The van der Waals surface area contributed by atoms with Gasteiger partial charge in [0.05, 0.1) is 6.42 Å². The molecule has 0 radical (unpaired) electrons. The summed E-state index contributed by atoms with van der Waals surface area (Å²) >= 11 is 1.62. The fourth-order valence-corrected chi connectivity index (χ4v) is 3.78. The van der Waals surface area contributed by atoms with Gasteiger partial charge in [-0.3, -0.25) is 4.79 Å². The number of nitrogens with zero attached hydrogens (tertiary/aromatic N) is 2. The van der Waals surface area contributed by atoms with Crippen LogP contribution in [-0.2, 0) is 16.1 Å². The van der Waals surface area contributed by atoms with E-state index in [0.29, 0.717) is 32.4 Å². The molecule has 5 nitrogen and oxygen atoms in total. The molecule has 2 aliphatic rings. The highest BCUT2D eigenvalue weighted by Crippen LogP contribution is 2.31. The number of likely N-dealkylation sites (tertiary alicyclic amines) is 1. The van der Waals surface area contributed by atoms with Gasteiger partial charge in [-0.25, -0.2) is 15.3 Å². The first-order chi connectivity index (χ1) is 11.7. The number of nitrogens with one attached hydrogen (secondary N) is 1. The molecule has 1 spiro atoms. The van der Waals surface area contributed by atoms with Crippen molar-refractivity contribution in [2.75, 3.05) is 13.1 Å². The quantitative estimate of drug-likeness (QED) is 0.934. The minimum atomic E-state index is -0.537. The Labute approximate surface area is 144 Å². The van der Waals surface area contributed by atoms with Gasteiger partial charge in [-0.15, -0.1) is 0 Å². The molecular formula is C18H19N3O2S. The number of carbonyl (C=O) groups is 1. The lowest BCUT2D eigenvalue weighted by atomic mass is 10.0. The maximum absolute atomic E-state index is 12.4. The Bertz CT molecular complexity index is 735. The van der Waals surface area contributed by atoms with Crippen molar-refractivity contribution in [2.24, 2.45) is 4.99 Å². The topological polar surface area (TPSA) is 53.9 Å². The van der Waals surface area contributed by atoms with Crippen molar-refractivity contribution in [3.8, 4) is 0 Å². The zero-order chi connectivity index (χ0) is 16.4. The molecular weight excluding hydrogens is 322 g/mol. The van der Waals surface area contributed by atoms with Gasteiger partial charge in [-0.2, -0.15) is 11.3 Å². The van der Waals surface area contributed by atoms with Crippen molar-refractivity contribution in [3.63, 3.8) is 0 Å². The van der Waals surface area contributed by atoms with E-state index >= 15 is 0 Å². The van der Waals surface area contributed by atoms with Gasteiger partial charge in [-0.05, 0) is 22.4 Å². The van der Waals surface area contributed by atoms with E-state index in [1.54, 1.807) is 11.3 Å². The van der Waals surface area contributed by atoms with Crippen LogP contribution in [0.25, 0.3) is 0 Å². The average Bonchev–Trinajstić information content (AvgIpc) is 3.27. The first-order valence-electron chi connectivity index (χ1n) is 8.12. The van der Waals surface area contributed by atoms with Crippen molar-refractivity contribution in [1.29, 1.82) is 0 Å². The maximum atomic E-state index is 12.4. The summed E-state index contributed by atoms with van der Waals surface area (Å²) in [6.45, 7) is 1.35. The fourth-order valence-electron chi connectivity index (χ4n) is 3.11. The van der Waals surface area contributed by atoms with Crippen molar-refractivity contribution in [1.82, 2.24) is 10.4 Å². The van der Waals surface area contributed by atoms with Gasteiger partial charge < -0.3 is 4.90 Å². The summed E-state index contributed by atoms with van der Waals surface area (Å²) < 4.78 is 0. The van der Waals surface area contributed by atoms with Crippen LogP contribution in [0.3, 0.4) is 0 Å². The van der Waals surface area contributed by atoms with Crippen LogP contribution in [0.5, 0.6) is 0 Å². The lowest BCUT2D eigenvalue weighted by molar-refractivity contribution is -0.138. The number of piperidine rings is 1. The van der Waals surface area contributed by atoms with Crippen LogP contribution in [0.4, 0.5) is 0 Å². The maximum Gasteiger partial charge on any atom is 0.227 e. The zero-order valence-electron chi connectivity index (χ0n) is 13.3. The number of hydrogen-bond donors (Lipinski definition) is 1. The van der Waals surface area contributed by atoms with Gasteiger partial charge in [-0.1, -0.05) is 30.3 Å². The standard InChI is InChI=1S/C18H19N3O2S/c22-16(12-14-6-11-24-13-14)21-9-7-18(8-10-21)19-17(20-23-18)15-4-2-1-3-5-15/h1-6,11,13H,7-10,12H2,(H,19,20). The van der Waals surface area contributed by atoms with Gasteiger partial charge in [0.1, 0.15) is 0 Å². The van der Waals surface area contributed by atoms with E-state index in [-0.39, 0.29) is 5.91 Å². The molecule has 1 fully saturated rings. The van der Waals surface area contributed by atoms with Gasteiger partial charge >= 0.3 is 0 Å². The minimum Gasteiger partial charge on any atom is -0.342 e. The van der Waals surface area contributed by atoms with Crippen LogP contribution in [0, 0.1) is 0 Å². The summed E-state index contributed by atoms with van der Waals surface area (Å²) in [5.41, 5.74) is 4.53. The Morgan fingerprint density at radius 1 is 1.25 bits per heavy atom. The Kier molecular flexibility index (Phi) is 4.08. The molecule has 4 rings (SSSR count). The van der Waals surface area contributed by atoms with E-state index in [9.17, 15) is 4.79 Å². The molecule has 0 atom stereocenters. The number of amides is 1. The van der Waals surface area contributed by atoms with Crippen molar-refractivity contribution in [2.45, 2.75) is 25.0 Å². The third-order valence-corrected chi connectivity index (χ3v) is 5.27. The third kappa shape index (κ3) is 3.07. The van der Waals surface area contributed by atoms with E-state index in [1.165, 1.54) is 0 Å². The number of hydroxylamine groups is 1. The Morgan fingerprint density at radius 2 is 2.04 bits per heavy atom. The van der Waals surface area contributed by atoms with E-state index in [0.717, 1.165) is 17.0 Å². The summed E-state index contributed by atoms with van der Waals surface area (Å²) in [4.78, 5) is 24.9. The smallest absolute Gasteiger partial charge is 0.227 e. The molecule has 1 N–H and O–H groups in total. The number of thiophene rings is 1. The highest BCUT2D eigenvalue weighted by Gasteiger charge is 2.41. The Hall–Kier alpha value is -2.18. The normalized spacial score (nSPS) is 19.2. The average molecular weight is 341 g/mol. The highest BCUT2D eigenvalue weighted by atomic mass is 32.1. The second-order valence-corrected chi connectivity index (χ2v) is 6.95. The van der Waals surface area contributed by atoms with Gasteiger partial charge in [0.2, 0.25) is 5.91 Å². The first-order valence-corrected chi connectivity index (χ1v) is 9.07. The summed E-state index contributed by atoms with van der Waals surface area (Å²) in [6, 6.07) is 12.0. The summed E-state index contributed by atoms with van der Waals surface area (Å²) in [5, 5.41) is 4.04. The lowest BCUT2D eigenvalue weighted by Crippen LogP contribution is -2.47. The lowest BCUT2D eigenvalue weighted by Gasteiger charge is -2.35. The van der Waals surface area contributed by atoms with E-state index in [2.05, 4.69) is 5.48 Å². The summed E-state index contributed by atoms with van der Waals surface area (Å²) in [7, 11) is 0. The number of rotatable bonds is 3. The van der Waals surface area contributed by atoms with Crippen molar-refractivity contribution in [3.05, 3.63) is 58.3 Å². The molecule has 3 heterocycles. The molecule has 1 amide bonds. The minimum absolute atomic E-state index is 0.182. The van der Waals surface area contributed by atoms with Gasteiger partial charge in [0, 0.05) is 31.5 Å². The predicted molar refractivity (Wildman–Crippen MR) is 93.8 cm³/mol. The highest BCUT2D eigenvalue weighted by molar-refractivity contribution is 7.08. The van der Waals surface area contributed by atoms with Crippen LogP contribution < -0.4 is 5.48 Å². The number of amidine groups is 1. The van der Waals surface area contributed by atoms with Crippen LogP contribution >= 0.6 is 11.3 Å². The molecule has 0 bridgehead atoms. The summed E-state index contributed by atoms with van der Waals surface area (Å²) in [6.07, 6.45) is 1.91. The van der Waals surface area contributed by atoms with Crippen LogP contribution in [0.15, 0.2) is 52.2 Å². The Morgan fingerprint density at radius 3 is 2.75 bits per heavy atom. The van der Waals surface area contributed by atoms with Crippen molar-refractivity contribution >= 4 is 23.1 Å². The Balaban J connectivity index is 1.39. The van der Waals surface area contributed by atoms with Crippen molar-refractivity contribution < 1.29 is 9.63 Å². The second kappa shape index (κ2) is 6.37. The number of hydrogen-bond acceptors (Lipinski definition) is 5. The van der Waals surface area contributed by atoms with Gasteiger partial charge in [0.25, 0.3) is 0 Å². The molecule has 0 saturated carbocycles. The molecule has 6 heteroatoms. The van der Waals surface area contributed by atoms with E-state index < -0.39 is 5.72 Å². The monoisotopic (exact) mass is 341 g/mol. The number of benzene rings is 1. The molecule has 24 heavy (non-hydrogen) atoms. The fraction of sp³-hybridized carbons (Fsp3) is 0.333. The molecule has 0 unspecified atom stereocenters. The molecule has 2 aromatic rings. The third-order valence-electron chi connectivity index (χ3n) is 4.53. The van der Waals surface area contributed by atoms with Gasteiger partial charge in [0.15, 0.2) is 11.6 Å².